The van der Waals surface area contributed by atoms with Crippen LogP contribution >= 0.6 is 12.2 Å². The third kappa shape index (κ3) is 2.58. The molecule has 1 aromatic heterocycles. The normalized spacial score (nSPS) is 11.5. The molecule has 1 aromatic carbocycles. The van der Waals surface area contributed by atoms with Crippen LogP contribution in [0.3, 0.4) is 0 Å². The van der Waals surface area contributed by atoms with Gasteiger partial charge in [0.25, 0.3) is 0 Å². The lowest BCUT2D eigenvalue weighted by Crippen LogP contribution is -2.22. The average molecular weight is 249 g/mol. The molecular formula is C13H19N3S. The largest absolute Gasteiger partial charge is 0.331 e. The first-order valence-electron chi connectivity index (χ1n) is 5.99. The summed E-state index contributed by atoms with van der Waals surface area (Å²) >= 11 is 5.37. The Balaban J connectivity index is 2.35. The van der Waals surface area contributed by atoms with Crippen molar-refractivity contribution in [3.63, 3.8) is 0 Å². The number of benzene rings is 1. The molecule has 0 spiro atoms. The molecule has 0 saturated heterocycles. The summed E-state index contributed by atoms with van der Waals surface area (Å²) in [5, 5.41) is 0. The van der Waals surface area contributed by atoms with E-state index in [9.17, 15) is 0 Å². The first-order chi connectivity index (χ1) is 8.11. The standard InChI is InChI=1S/C13H19N3S/c1-4-15(3)7-8-16-12-9-10(2)5-6-11(12)14-13(16)17/h5-6,9H,4,7-8H2,1-3H3,(H,14,17). The monoisotopic (exact) mass is 249 g/mol. The minimum atomic E-state index is 0.815. The van der Waals surface area contributed by atoms with Crippen LogP contribution in [0.1, 0.15) is 12.5 Å². The summed E-state index contributed by atoms with van der Waals surface area (Å²) < 4.78 is 3.00. The van der Waals surface area contributed by atoms with Gasteiger partial charge in [0.2, 0.25) is 0 Å². The van der Waals surface area contributed by atoms with Gasteiger partial charge in [0.1, 0.15) is 0 Å². The second-order valence-electron chi connectivity index (χ2n) is 4.50. The molecular weight excluding hydrogens is 230 g/mol. The number of rotatable bonds is 4. The quantitative estimate of drug-likeness (QED) is 0.842. The van der Waals surface area contributed by atoms with E-state index >= 15 is 0 Å². The SMILES string of the molecule is CCN(C)CCn1c(=S)[nH]c2ccc(C)cc21. The number of hydrogen-bond donors (Lipinski definition) is 1. The van der Waals surface area contributed by atoms with E-state index < -0.39 is 0 Å². The number of nitrogens with one attached hydrogen (secondary N) is 1. The summed E-state index contributed by atoms with van der Waals surface area (Å²) in [4.78, 5) is 5.54. The van der Waals surface area contributed by atoms with Gasteiger partial charge in [0.15, 0.2) is 4.77 Å². The Morgan fingerprint density at radius 1 is 1.41 bits per heavy atom. The van der Waals surface area contributed by atoms with Crippen molar-refractivity contribution in [3.8, 4) is 0 Å². The summed E-state index contributed by atoms with van der Waals surface area (Å²) in [5.74, 6) is 0. The lowest BCUT2D eigenvalue weighted by atomic mass is 10.2. The fourth-order valence-electron chi connectivity index (χ4n) is 1.91. The molecule has 0 saturated carbocycles. The number of aryl methyl sites for hydroxylation is 1. The van der Waals surface area contributed by atoms with Gasteiger partial charge in [0, 0.05) is 13.1 Å². The maximum atomic E-state index is 5.37. The van der Waals surface area contributed by atoms with Gasteiger partial charge < -0.3 is 14.5 Å². The van der Waals surface area contributed by atoms with Gasteiger partial charge in [-0.1, -0.05) is 13.0 Å². The Hall–Kier alpha value is -1.13. The fraction of sp³-hybridized carbons (Fsp3) is 0.462. The number of nitrogens with zero attached hydrogens (tertiary/aromatic N) is 2. The van der Waals surface area contributed by atoms with Crippen molar-refractivity contribution in [1.29, 1.82) is 0 Å². The van der Waals surface area contributed by atoms with Gasteiger partial charge in [0.05, 0.1) is 11.0 Å². The third-order valence-corrected chi connectivity index (χ3v) is 3.50. The number of hydrogen-bond acceptors (Lipinski definition) is 2. The molecule has 0 radical (unpaired) electrons. The molecule has 17 heavy (non-hydrogen) atoms. The molecule has 0 unspecified atom stereocenters. The zero-order valence-corrected chi connectivity index (χ0v) is 11.5. The highest BCUT2D eigenvalue weighted by atomic mass is 32.1. The highest BCUT2D eigenvalue weighted by Gasteiger charge is 2.05. The molecule has 2 aromatic rings. The van der Waals surface area contributed by atoms with Gasteiger partial charge >= 0.3 is 0 Å². The van der Waals surface area contributed by atoms with E-state index in [2.05, 4.69) is 53.5 Å². The molecule has 92 valence electrons. The first-order valence-corrected chi connectivity index (χ1v) is 6.40. The second-order valence-corrected chi connectivity index (χ2v) is 4.88. The van der Waals surface area contributed by atoms with Crippen LogP contribution in [0.2, 0.25) is 0 Å². The van der Waals surface area contributed by atoms with E-state index in [1.807, 2.05) is 0 Å². The number of aromatic amines is 1. The Morgan fingerprint density at radius 3 is 2.88 bits per heavy atom. The van der Waals surface area contributed by atoms with Crippen molar-refractivity contribution < 1.29 is 0 Å². The van der Waals surface area contributed by atoms with E-state index in [-0.39, 0.29) is 0 Å². The number of fused-ring (bicyclic) bond motifs is 1. The minimum absolute atomic E-state index is 0.815. The maximum Gasteiger partial charge on any atom is 0.178 e. The molecule has 0 atom stereocenters. The molecule has 2 rings (SSSR count). The molecule has 0 aliphatic carbocycles. The predicted octanol–water partition coefficient (Wildman–Crippen LogP) is 2.96. The summed E-state index contributed by atoms with van der Waals surface area (Å²) in [5.41, 5.74) is 3.60. The van der Waals surface area contributed by atoms with Crippen LogP contribution in [0, 0.1) is 11.7 Å². The molecule has 0 aliphatic rings. The molecule has 1 heterocycles. The molecule has 3 nitrogen and oxygen atoms in total. The molecule has 0 amide bonds. The van der Waals surface area contributed by atoms with Crippen LogP contribution in [0.5, 0.6) is 0 Å². The zero-order valence-electron chi connectivity index (χ0n) is 10.7. The van der Waals surface area contributed by atoms with Crippen LogP contribution in [0.4, 0.5) is 0 Å². The Kier molecular flexibility index (Phi) is 3.64. The number of likely N-dealkylation sites (N-methyl/N-ethyl adjacent to an activating group) is 1. The Morgan fingerprint density at radius 2 is 2.18 bits per heavy atom. The molecule has 4 heteroatoms. The highest BCUT2D eigenvalue weighted by Crippen LogP contribution is 2.15. The number of H-pyrrole nitrogens is 1. The van der Waals surface area contributed by atoms with Crippen LogP contribution in [-0.2, 0) is 6.54 Å². The fourth-order valence-corrected chi connectivity index (χ4v) is 2.21. The topological polar surface area (TPSA) is 24.0 Å². The van der Waals surface area contributed by atoms with E-state index in [0.717, 1.165) is 29.9 Å². The van der Waals surface area contributed by atoms with E-state index in [1.54, 1.807) is 0 Å². The smallest absolute Gasteiger partial charge is 0.178 e. The van der Waals surface area contributed by atoms with Crippen LogP contribution in [0.25, 0.3) is 11.0 Å². The first kappa shape index (κ1) is 12.3. The zero-order chi connectivity index (χ0) is 12.4. The highest BCUT2D eigenvalue weighted by molar-refractivity contribution is 7.71. The summed E-state index contributed by atoms with van der Waals surface area (Å²) in [6.07, 6.45) is 0. The Bertz CT molecular complexity index is 568. The lowest BCUT2D eigenvalue weighted by molar-refractivity contribution is 0.336. The molecule has 1 N–H and O–H groups in total. The van der Waals surface area contributed by atoms with Crippen molar-refractivity contribution in [2.45, 2.75) is 20.4 Å². The lowest BCUT2D eigenvalue weighted by Gasteiger charge is -2.14. The van der Waals surface area contributed by atoms with Crippen molar-refractivity contribution >= 4 is 23.3 Å². The van der Waals surface area contributed by atoms with E-state index in [1.165, 1.54) is 11.1 Å². The number of imidazole rings is 1. The summed E-state index contributed by atoms with van der Waals surface area (Å²) in [6.45, 7) is 7.30. The van der Waals surface area contributed by atoms with Gasteiger partial charge in [-0.15, -0.1) is 0 Å². The second kappa shape index (κ2) is 5.02. The van der Waals surface area contributed by atoms with Crippen LogP contribution < -0.4 is 0 Å². The molecule has 0 fully saturated rings. The van der Waals surface area contributed by atoms with Crippen molar-refractivity contribution in [1.82, 2.24) is 14.5 Å². The van der Waals surface area contributed by atoms with Crippen LogP contribution in [0.15, 0.2) is 18.2 Å². The van der Waals surface area contributed by atoms with Gasteiger partial charge in [-0.25, -0.2) is 0 Å². The third-order valence-electron chi connectivity index (χ3n) is 3.18. The summed E-state index contributed by atoms with van der Waals surface area (Å²) in [6, 6.07) is 6.39. The minimum Gasteiger partial charge on any atom is -0.331 e. The predicted molar refractivity (Wildman–Crippen MR) is 75.0 cm³/mol. The van der Waals surface area contributed by atoms with Gasteiger partial charge in [-0.2, -0.15) is 0 Å². The van der Waals surface area contributed by atoms with E-state index in [0.29, 0.717) is 0 Å². The van der Waals surface area contributed by atoms with Crippen molar-refractivity contribution in [2.75, 3.05) is 20.1 Å². The molecule has 0 bridgehead atoms. The molecule has 0 aliphatic heterocycles. The maximum absolute atomic E-state index is 5.37. The van der Waals surface area contributed by atoms with Crippen molar-refractivity contribution in [2.24, 2.45) is 0 Å². The van der Waals surface area contributed by atoms with Gasteiger partial charge in [-0.3, -0.25) is 0 Å². The summed E-state index contributed by atoms with van der Waals surface area (Å²) in [7, 11) is 2.13. The van der Waals surface area contributed by atoms with Crippen molar-refractivity contribution in [3.05, 3.63) is 28.5 Å². The van der Waals surface area contributed by atoms with E-state index in [4.69, 9.17) is 12.2 Å². The van der Waals surface area contributed by atoms with Gasteiger partial charge in [-0.05, 0) is 50.4 Å². The number of aromatic nitrogens is 2. The Labute approximate surface area is 107 Å². The average Bonchev–Trinajstić information content (AvgIpc) is 2.61. The van der Waals surface area contributed by atoms with Crippen LogP contribution in [-0.4, -0.2) is 34.6 Å².